The number of nitrogens with one attached hydrogen (secondary N) is 1. The summed E-state index contributed by atoms with van der Waals surface area (Å²) < 4.78 is 6.90. The molecule has 29 heavy (non-hydrogen) atoms. The fourth-order valence-electron chi connectivity index (χ4n) is 3.02. The molecule has 1 aromatic carbocycles. The third-order valence-electron chi connectivity index (χ3n) is 4.66. The first-order valence-corrected chi connectivity index (χ1v) is 9.61. The third kappa shape index (κ3) is 4.89. The van der Waals surface area contributed by atoms with Crippen molar-refractivity contribution in [1.82, 2.24) is 24.9 Å². The monoisotopic (exact) mass is 415 g/mol. The van der Waals surface area contributed by atoms with Gasteiger partial charge in [0.1, 0.15) is 6.33 Å². The maximum atomic E-state index is 12.2. The van der Waals surface area contributed by atoms with Crippen LogP contribution in [0, 0.1) is 13.8 Å². The smallest absolute Gasteiger partial charge is 0.306 e. The van der Waals surface area contributed by atoms with Crippen LogP contribution in [0.25, 0.3) is 5.78 Å². The van der Waals surface area contributed by atoms with Gasteiger partial charge in [-0.3, -0.25) is 9.59 Å². The van der Waals surface area contributed by atoms with E-state index in [2.05, 4.69) is 20.4 Å². The summed E-state index contributed by atoms with van der Waals surface area (Å²) in [4.78, 5) is 32.9. The zero-order valence-corrected chi connectivity index (χ0v) is 17.2. The van der Waals surface area contributed by atoms with Gasteiger partial charge in [-0.1, -0.05) is 29.8 Å². The predicted octanol–water partition coefficient (Wildman–Crippen LogP) is 2.58. The average Bonchev–Trinajstić information content (AvgIpc) is 3.15. The minimum Gasteiger partial charge on any atom is -0.453 e. The number of aromatic nitrogens is 4. The SMILES string of the molecule is Cc1nc2ncnn2c(C)c1CCC(=O)O[C@@H](C)C(=O)NCc1ccccc1Cl. The maximum Gasteiger partial charge on any atom is 0.306 e. The highest BCUT2D eigenvalue weighted by molar-refractivity contribution is 6.31. The molecule has 0 aliphatic carbocycles. The molecule has 0 unspecified atom stereocenters. The summed E-state index contributed by atoms with van der Waals surface area (Å²) in [5, 5.41) is 7.43. The largest absolute Gasteiger partial charge is 0.453 e. The second-order valence-electron chi connectivity index (χ2n) is 6.67. The number of esters is 1. The van der Waals surface area contributed by atoms with E-state index >= 15 is 0 Å². The lowest BCUT2D eigenvalue weighted by molar-refractivity contribution is -0.154. The zero-order chi connectivity index (χ0) is 21.0. The summed E-state index contributed by atoms with van der Waals surface area (Å²) in [5.74, 6) is -0.311. The molecular formula is C20H22ClN5O3. The van der Waals surface area contributed by atoms with E-state index in [1.807, 2.05) is 32.0 Å². The van der Waals surface area contributed by atoms with Crippen LogP contribution in [0.3, 0.4) is 0 Å². The summed E-state index contributed by atoms with van der Waals surface area (Å²) in [6.07, 6.45) is 1.11. The van der Waals surface area contributed by atoms with Crippen molar-refractivity contribution in [3.63, 3.8) is 0 Å². The van der Waals surface area contributed by atoms with Gasteiger partial charge in [0.2, 0.25) is 0 Å². The Labute approximate surface area is 173 Å². The standard InChI is InChI=1S/C20H22ClN5O3/c1-12-16(13(2)26-20(25-12)23-11-24-26)8-9-18(27)29-14(3)19(28)22-10-15-6-4-5-7-17(15)21/h4-7,11,14H,8-10H2,1-3H3,(H,22,28)/t14-/m0/s1. The van der Waals surface area contributed by atoms with Gasteiger partial charge in [-0.2, -0.15) is 10.1 Å². The Bertz CT molecular complexity index is 1050. The molecule has 1 atom stereocenters. The molecule has 0 radical (unpaired) electrons. The van der Waals surface area contributed by atoms with Crippen molar-refractivity contribution in [2.45, 2.75) is 46.3 Å². The maximum absolute atomic E-state index is 12.2. The number of hydrogen-bond donors (Lipinski definition) is 1. The number of ether oxygens (including phenoxy) is 1. The summed E-state index contributed by atoms with van der Waals surface area (Å²) in [6.45, 7) is 5.58. The van der Waals surface area contributed by atoms with Crippen LogP contribution in [0.2, 0.25) is 5.02 Å². The fourth-order valence-corrected chi connectivity index (χ4v) is 3.22. The minimum absolute atomic E-state index is 0.131. The molecule has 0 bridgehead atoms. The van der Waals surface area contributed by atoms with E-state index in [0.717, 1.165) is 22.5 Å². The Hall–Kier alpha value is -3.00. The van der Waals surface area contributed by atoms with E-state index < -0.39 is 12.1 Å². The lowest BCUT2D eigenvalue weighted by Crippen LogP contribution is -2.35. The molecule has 9 heteroatoms. The Morgan fingerprint density at radius 3 is 2.79 bits per heavy atom. The summed E-state index contributed by atoms with van der Waals surface area (Å²) in [5.41, 5.74) is 3.38. The summed E-state index contributed by atoms with van der Waals surface area (Å²) >= 11 is 6.07. The molecule has 1 N–H and O–H groups in total. The number of fused-ring (bicyclic) bond motifs is 1. The molecular weight excluding hydrogens is 394 g/mol. The van der Waals surface area contributed by atoms with Crippen LogP contribution in [0.4, 0.5) is 0 Å². The number of nitrogens with zero attached hydrogens (tertiary/aromatic N) is 4. The lowest BCUT2D eigenvalue weighted by atomic mass is 10.1. The van der Waals surface area contributed by atoms with Crippen LogP contribution in [0.5, 0.6) is 0 Å². The van der Waals surface area contributed by atoms with E-state index in [1.54, 1.807) is 17.5 Å². The molecule has 1 amide bonds. The van der Waals surface area contributed by atoms with Crippen molar-refractivity contribution in [2.24, 2.45) is 0 Å². The number of aryl methyl sites for hydroxylation is 2. The van der Waals surface area contributed by atoms with Crippen LogP contribution in [-0.2, 0) is 27.3 Å². The Morgan fingerprint density at radius 2 is 2.03 bits per heavy atom. The Kier molecular flexibility index (Phi) is 6.43. The van der Waals surface area contributed by atoms with Gasteiger partial charge in [-0.15, -0.1) is 0 Å². The van der Waals surface area contributed by atoms with Crippen molar-refractivity contribution in [3.8, 4) is 0 Å². The van der Waals surface area contributed by atoms with Gasteiger partial charge in [0.05, 0.1) is 0 Å². The highest BCUT2D eigenvalue weighted by Crippen LogP contribution is 2.16. The van der Waals surface area contributed by atoms with Crippen molar-refractivity contribution < 1.29 is 14.3 Å². The van der Waals surface area contributed by atoms with Crippen LogP contribution >= 0.6 is 11.6 Å². The molecule has 0 spiro atoms. The topological polar surface area (TPSA) is 98.5 Å². The molecule has 0 fully saturated rings. The molecule has 0 aliphatic heterocycles. The minimum atomic E-state index is -0.900. The molecule has 0 saturated carbocycles. The Morgan fingerprint density at radius 1 is 1.28 bits per heavy atom. The van der Waals surface area contributed by atoms with Crippen LogP contribution < -0.4 is 5.32 Å². The van der Waals surface area contributed by atoms with Crippen molar-refractivity contribution in [3.05, 3.63) is 58.1 Å². The Balaban J connectivity index is 1.52. The van der Waals surface area contributed by atoms with Crippen LogP contribution in [-0.4, -0.2) is 37.6 Å². The molecule has 3 aromatic rings. The number of halogens is 1. The lowest BCUT2D eigenvalue weighted by Gasteiger charge is -2.15. The van der Waals surface area contributed by atoms with Gasteiger partial charge in [-0.25, -0.2) is 9.50 Å². The molecule has 152 valence electrons. The number of hydrogen-bond acceptors (Lipinski definition) is 6. The van der Waals surface area contributed by atoms with Gasteiger partial charge in [0, 0.05) is 29.4 Å². The van der Waals surface area contributed by atoms with Crippen molar-refractivity contribution in [2.75, 3.05) is 0 Å². The highest BCUT2D eigenvalue weighted by atomic mass is 35.5. The number of rotatable bonds is 7. The molecule has 3 rings (SSSR count). The van der Waals surface area contributed by atoms with Crippen LogP contribution in [0.1, 0.15) is 35.9 Å². The van der Waals surface area contributed by atoms with E-state index in [4.69, 9.17) is 16.3 Å². The van der Waals surface area contributed by atoms with E-state index in [0.29, 0.717) is 17.2 Å². The van der Waals surface area contributed by atoms with Crippen molar-refractivity contribution in [1.29, 1.82) is 0 Å². The second kappa shape index (κ2) is 9.00. The first kappa shape index (κ1) is 20.7. The van der Waals surface area contributed by atoms with Gasteiger partial charge in [0.25, 0.3) is 11.7 Å². The number of benzene rings is 1. The third-order valence-corrected chi connectivity index (χ3v) is 5.02. The first-order valence-electron chi connectivity index (χ1n) is 9.23. The van der Waals surface area contributed by atoms with Crippen LogP contribution in [0.15, 0.2) is 30.6 Å². The van der Waals surface area contributed by atoms with E-state index in [-0.39, 0.29) is 18.9 Å². The number of carbonyl (C=O) groups is 2. The molecule has 2 heterocycles. The first-order chi connectivity index (χ1) is 13.9. The van der Waals surface area contributed by atoms with Gasteiger partial charge < -0.3 is 10.1 Å². The van der Waals surface area contributed by atoms with Gasteiger partial charge in [0.15, 0.2) is 6.10 Å². The fraction of sp³-hybridized carbons (Fsp3) is 0.350. The molecule has 0 saturated heterocycles. The molecule has 2 aromatic heterocycles. The predicted molar refractivity (Wildman–Crippen MR) is 107 cm³/mol. The highest BCUT2D eigenvalue weighted by Gasteiger charge is 2.19. The van der Waals surface area contributed by atoms with E-state index in [1.165, 1.54) is 6.33 Å². The molecule has 0 aliphatic rings. The van der Waals surface area contributed by atoms with E-state index in [9.17, 15) is 9.59 Å². The zero-order valence-electron chi connectivity index (χ0n) is 16.5. The average molecular weight is 416 g/mol. The summed E-state index contributed by atoms with van der Waals surface area (Å²) in [6, 6.07) is 7.23. The molecule has 8 nitrogen and oxygen atoms in total. The number of amides is 1. The second-order valence-corrected chi connectivity index (χ2v) is 7.08. The summed E-state index contributed by atoms with van der Waals surface area (Å²) in [7, 11) is 0. The number of carbonyl (C=O) groups excluding carboxylic acids is 2. The van der Waals surface area contributed by atoms with Gasteiger partial charge >= 0.3 is 5.97 Å². The van der Waals surface area contributed by atoms with Gasteiger partial charge in [-0.05, 0) is 44.4 Å². The quantitative estimate of drug-likeness (QED) is 0.595. The van der Waals surface area contributed by atoms with Crippen molar-refractivity contribution >= 4 is 29.3 Å². The normalized spacial score (nSPS) is 12.0.